The first-order valence-electron chi connectivity index (χ1n) is 8.81. The third-order valence-corrected chi connectivity index (χ3v) is 4.03. The highest BCUT2D eigenvalue weighted by Crippen LogP contribution is 2.42. The van der Waals surface area contributed by atoms with Crippen LogP contribution in [-0.2, 0) is 14.3 Å². The Labute approximate surface area is 141 Å². The lowest BCUT2D eigenvalue weighted by Crippen LogP contribution is -2.40. The number of ether oxygens (including phenoxy) is 1. The second-order valence-corrected chi connectivity index (χ2v) is 6.95. The number of carbonyl (C=O) groups is 2. The van der Waals surface area contributed by atoms with Crippen LogP contribution in [0, 0.1) is 11.3 Å². The molecule has 0 radical (unpaired) electrons. The average molecular weight is 326 g/mol. The van der Waals surface area contributed by atoms with Gasteiger partial charge in [0.2, 0.25) is 0 Å². The van der Waals surface area contributed by atoms with E-state index in [4.69, 9.17) is 4.74 Å². The lowest BCUT2D eigenvalue weighted by Gasteiger charge is -2.34. The van der Waals surface area contributed by atoms with Crippen LogP contribution < -0.4 is 0 Å². The monoisotopic (exact) mass is 326 g/mol. The van der Waals surface area contributed by atoms with Crippen molar-refractivity contribution in [3.05, 3.63) is 11.1 Å². The summed E-state index contributed by atoms with van der Waals surface area (Å²) in [6, 6.07) is 0. The normalized spacial score (nSPS) is 13.5. The van der Waals surface area contributed by atoms with E-state index < -0.39 is 11.4 Å². The Morgan fingerprint density at radius 3 is 2.04 bits per heavy atom. The third kappa shape index (κ3) is 6.36. The second-order valence-electron chi connectivity index (χ2n) is 6.95. The molecule has 0 aromatic carbocycles. The van der Waals surface area contributed by atoms with Crippen LogP contribution in [0.5, 0.6) is 0 Å². The van der Waals surface area contributed by atoms with E-state index in [1.165, 1.54) is 0 Å². The van der Waals surface area contributed by atoms with Crippen LogP contribution >= 0.6 is 0 Å². The van der Waals surface area contributed by atoms with Gasteiger partial charge in [0.05, 0.1) is 12.2 Å². The van der Waals surface area contributed by atoms with E-state index >= 15 is 0 Å². The van der Waals surface area contributed by atoms with E-state index in [9.17, 15) is 14.7 Å². The van der Waals surface area contributed by atoms with Crippen molar-refractivity contribution < 1.29 is 19.4 Å². The highest BCUT2D eigenvalue weighted by Gasteiger charge is 2.46. The van der Waals surface area contributed by atoms with Gasteiger partial charge in [-0.15, -0.1) is 0 Å². The maximum absolute atomic E-state index is 12.9. The van der Waals surface area contributed by atoms with Crippen LogP contribution in [0.1, 0.15) is 80.1 Å². The van der Waals surface area contributed by atoms with Gasteiger partial charge < -0.3 is 9.84 Å². The molecular weight excluding hydrogens is 292 g/mol. The van der Waals surface area contributed by atoms with E-state index in [2.05, 4.69) is 0 Å². The number of carboxylic acids is 1. The first-order chi connectivity index (χ1) is 10.7. The number of carbonyl (C=O) groups excluding carboxylic acids is 1. The van der Waals surface area contributed by atoms with Crippen LogP contribution in [0.4, 0.5) is 0 Å². The fraction of sp³-hybridized carbons (Fsp3) is 0.789. The molecule has 0 saturated carbocycles. The van der Waals surface area contributed by atoms with E-state index in [0.717, 1.165) is 25.7 Å². The number of esters is 1. The summed E-state index contributed by atoms with van der Waals surface area (Å²) < 4.78 is 5.49. The molecule has 0 aliphatic rings. The Bertz CT molecular complexity index is 419. The fourth-order valence-electron chi connectivity index (χ4n) is 3.14. The summed E-state index contributed by atoms with van der Waals surface area (Å²) in [4.78, 5) is 24.8. The van der Waals surface area contributed by atoms with Crippen molar-refractivity contribution in [2.45, 2.75) is 80.1 Å². The molecule has 134 valence electrons. The predicted octanol–water partition coefficient (Wildman–Crippen LogP) is 4.97. The van der Waals surface area contributed by atoms with Crippen LogP contribution in [0.2, 0.25) is 0 Å². The van der Waals surface area contributed by atoms with Gasteiger partial charge in [0.15, 0.2) is 0 Å². The van der Waals surface area contributed by atoms with Crippen molar-refractivity contribution in [2.24, 2.45) is 11.3 Å². The molecule has 0 bridgehead atoms. The van der Waals surface area contributed by atoms with Crippen molar-refractivity contribution in [1.29, 1.82) is 0 Å². The molecule has 1 atom stereocenters. The predicted molar refractivity (Wildman–Crippen MR) is 93.3 cm³/mol. The van der Waals surface area contributed by atoms with E-state index in [-0.39, 0.29) is 17.5 Å². The van der Waals surface area contributed by atoms with E-state index in [0.29, 0.717) is 25.0 Å². The molecule has 0 aliphatic heterocycles. The summed E-state index contributed by atoms with van der Waals surface area (Å²) in [5, 5.41) is 9.75. The standard InChI is InChI=1S/C19H34O4/c1-7-9-11-19(13-14(3)4,16(15(5)6)17(20)21)18(22)23-12-10-8-2/h14H,7-13H2,1-6H3,(H,20,21). The van der Waals surface area contributed by atoms with Gasteiger partial charge in [-0.1, -0.05) is 52.5 Å². The van der Waals surface area contributed by atoms with Crippen LogP contribution in [-0.4, -0.2) is 23.7 Å². The maximum atomic E-state index is 12.9. The molecule has 1 unspecified atom stereocenters. The van der Waals surface area contributed by atoms with Gasteiger partial charge in [0.25, 0.3) is 0 Å². The number of aliphatic carboxylic acids is 1. The number of unbranched alkanes of at least 4 members (excludes halogenated alkanes) is 2. The lowest BCUT2D eigenvalue weighted by atomic mass is 9.69. The second kappa shape index (κ2) is 10.5. The molecule has 0 aromatic heterocycles. The molecule has 0 fully saturated rings. The molecule has 4 nitrogen and oxygen atoms in total. The number of allylic oxidation sites excluding steroid dienone is 1. The summed E-state index contributed by atoms with van der Waals surface area (Å²) in [6.45, 7) is 12.0. The van der Waals surface area contributed by atoms with Gasteiger partial charge in [0, 0.05) is 0 Å². The third-order valence-electron chi connectivity index (χ3n) is 4.03. The quantitative estimate of drug-likeness (QED) is 0.330. The zero-order valence-electron chi connectivity index (χ0n) is 15.7. The molecule has 0 spiro atoms. The SMILES string of the molecule is CCCCOC(=O)C(CCCC)(CC(C)C)C(C(=O)O)=C(C)C. The Morgan fingerprint density at radius 2 is 1.65 bits per heavy atom. The Kier molecular flexibility index (Phi) is 9.85. The molecule has 0 heterocycles. The summed E-state index contributed by atoms with van der Waals surface area (Å²) in [5.41, 5.74) is -0.134. The largest absolute Gasteiger partial charge is 0.478 e. The molecule has 0 amide bonds. The topological polar surface area (TPSA) is 63.6 Å². The summed E-state index contributed by atoms with van der Waals surface area (Å²) in [5.74, 6) is -1.17. The smallest absolute Gasteiger partial charge is 0.332 e. The maximum Gasteiger partial charge on any atom is 0.332 e. The summed E-state index contributed by atoms with van der Waals surface area (Å²) >= 11 is 0. The zero-order chi connectivity index (χ0) is 18.0. The van der Waals surface area contributed by atoms with E-state index in [1.807, 2.05) is 27.7 Å². The van der Waals surface area contributed by atoms with Gasteiger partial charge in [-0.2, -0.15) is 0 Å². The highest BCUT2D eigenvalue weighted by molar-refractivity contribution is 5.97. The minimum atomic E-state index is -1.04. The van der Waals surface area contributed by atoms with E-state index in [1.54, 1.807) is 13.8 Å². The van der Waals surface area contributed by atoms with Crippen molar-refractivity contribution in [3.8, 4) is 0 Å². The minimum absolute atomic E-state index is 0.208. The van der Waals surface area contributed by atoms with Gasteiger partial charge in [-0.25, -0.2) is 4.79 Å². The van der Waals surface area contributed by atoms with Gasteiger partial charge in [-0.05, 0) is 39.0 Å². The van der Waals surface area contributed by atoms with Crippen LogP contribution in [0.3, 0.4) is 0 Å². The van der Waals surface area contributed by atoms with Crippen molar-refractivity contribution in [1.82, 2.24) is 0 Å². The minimum Gasteiger partial charge on any atom is -0.478 e. The Morgan fingerprint density at radius 1 is 1.09 bits per heavy atom. The number of carboxylic acid groups (broad SMARTS) is 1. The van der Waals surface area contributed by atoms with Crippen molar-refractivity contribution >= 4 is 11.9 Å². The highest BCUT2D eigenvalue weighted by atomic mass is 16.5. The lowest BCUT2D eigenvalue weighted by molar-refractivity contribution is -0.158. The van der Waals surface area contributed by atoms with Gasteiger partial charge >= 0.3 is 11.9 Å². The average Bonchev–Trinajstić information content (AvgIpc) is 2.43. The van der Waals surface area contributed by atoms with Gasteiger partial charge in [0.1, 0.15) is 5.41 Å². The van der Waals surface area contributed by atoms with Crippen LogP contribution in [0.25, 0.3) is 0 Å². The van der Waals surface area contributed by atoms with Crippen LogP contribution in [0.15, 0.2) is 11.1 Å². The molecule has 0 aromatic rings. The zero-order valence-corrected chi connectivity index (χ0v) is 15.7. The molecule has 0 rings (SSSR count). The summed E-state index contributed by atoms with van der Waals surface area (Å²) in [7, 11) is 0. The molecular formula is C19H34O4. The Hall–Kier alpha value is -1.32. The first-order valence-corrected chi connectivity index (χ1v) is 8.81. The molecule has 23 heavy (non-hydrogen) atoms. The number of rotatable bonds is 11. The summed E-state index contributed by atoms with van der Waals surface area (Å²) in [6.07, 6.45) is 4.49. The van der Waals surface area contributed by atoms with Gasteiger partial charge in [-0.3, -0.25) is 4.79 Å². The fourth-order valence-corrected chi connectivity index (χ4v) is 3.14. The van der Waals surface area contributed by atoms with Crippen molar-refractivity contribution in [3.63, 3.8) is 0 Å². The number of hydrogen-bond acceptors (Lipinski definition) is 3. The van der Waals surface area contributed by atoms with Crippen molar-refractivity contribution in [2.75, 3.05) is 6.61 Å². The molecule has 4 heteroatoms. The first kappa shape index (κ1) is 21.7. The molecule has 0 saturated heterocycles. The number of hydrogen-bond donors (Lipinski definition) is 1. The molecule has 0 aliphatic carbocycles. The molecule has 1 N–H and O–H groups in total. The Balaban J connectivity index is 5.89.